The first-order chi connectivity index (χ1) is 19.6. The Labute approximate surface area is 253 Å². The van der Waals surface area contributed by atoms with Crippen molar-refractivity contribution in [3.05, 3.63) is 0 Å². The highest BCUT2D eigenvalue weighted by atomic mass is 16.5. The van der Waals surface area contributed by atoms with Crippen LogP contribution in [0.1, 0.15) is 214 Å². The zero-order chi connectivity index (χ0) is 29.4. The van der Waals surface area contributed by atoms with E-state index in [-0.39, 0.29) is 6.04 Å². The van der Waals surface area contributed by atoms with Crippen LogP contribution in [0.5, 0.6) is 0 Å². The summed E-state index contributed by atoms with van der Waals surface area (Å²) in [6.45, 7) is 11.5. The van der Waals surface area contributed by atoms with Gasteiger partial charge in [-0.15, -0.1) is 0 Å². The van der Waals surface area contributed by atoms with Crippen LogP contribution < -0.4 is 5.32 Å². The Balaban J connectivity index is 3.19. The minimum atomic E-state index is 0.268. The Bertz CT molecular complexity index is 502. The van der Waals surface area contributed by atoms with Gasteiger partial charge in [-0.05, 0) is 34.1 Å². The van der Waals surface area contributed by atoms with E-state index in [1.807, 2.05) is 0 Å². The molecule has 0 fully saturated rings. The van der Waals surface area contributed by atoms with Gasteiger partial charge < -0.3 is 10.1 Å². The maximum atomic E-state index is 5.86. The zero-order valence-electron chi connectivity index (χ0n) is 28.5. The minimum Gasteiger partial charge on any atom is -0.465 e. The molecule has 0 aromatic heterocycles. The first kappa shape index (κ1) is 39.3. The van der Waals surface area contributed by atoms with Crippen LogP contribution in [0.15, 0.2) is 4.99 Å². The third kappa shape index (κ3) is 33.5. The normalized spacial score (nSPS) is 12.1. The van der Waals surface area contributed by atoms with Gasteiger partial charge in [-0.25, -0.2) is 4.99 Å². The van der Waals surface area contributed by atoms with Crippen molar-refractivity contribution in [3.8, 4) is 0 Å². The van der Waals surface area contributed by atoms with Crippen molar-refractivity contribution in [1.29, 1.82) is 0 Å². The molecule has 0 amide bonds. The Hall–Kier alpha value is -0.730. The number of hydrogen-bond donors (Lipinski definition) is 1. The largest absolute Gasteiger partial charge is 0.465 e. The van der Waals surface area contributed by atoms with E-state index in [1.165, 1.54) is 173 Å². The van der Waals surface area contributed by atoms with Gasteiger partial charge in [-0.2, -0.15) is 0 Å². The van der Waals surface area contributed by atoms with E-state index >= 15 is 0 Å². The quantitative estimate of drug-likeness (QED) is 0.0516. The predicted molar refractivity (Wildman–Crippen MR) is 182 cm³/mol. The van der Waals surface area contributed by atoms with Crippen LogP contribution in [0.2, 0.25) is 0 Å². The number of aliphatic imine (C=N–C) groups is 1. The molecule has 0 unspecified atom stereocenters. The molecule has 40 heavy (non-hydrogen) atoms. The Morgan fingerprint density at radius 3 is 0.975 bits per heavy atom. The maximum Gasteiger partial charge on any atom is 0.285 e. The average Bonchev–Trinajstić information content (AvgIpc) is 2.91. The average molecular weight is 565 g/mol. The van der Waals surface area contributed by atoms with E-state index in [2.05, 4.69) is 44.9 Å². The highest BCUT2D eigenvalue weighted by molar-refractivity contribution is 5.73. The molecular formula is C37H76N2O. The van der Waals surface area contributed by atoms with Gasteiger partial charge in [-0.3, -0.25) is 0 Å². The lowest BCUT2D eigenvalue weighted by atomic mass is 10.0. The molecule has 0 radical (unpaired) electrons. The molecule has 3 nitrogen and oxygen atoms in total. The number of rotatable bonds is 31. The fraction of sp³-hybridized carbons (Fsp3) is 0.973. The highest BCUT2D eigenvalue weighted by Crippen LogP contribution is 2.16. The van der Waals surface area contributed by atoms with Gasteiger partial charge in [-0.1, -0.05) is 180 Å². The minimum absolute atomic E-state index is 0.268. The molecule has 0 spiro atoms. The SMILES string of the molecule is CCCCCCCCCCCCCCCCCCCCCCCCCCCCCCOC(=NC(C)C)NC(C)C. The van der Waals surface area contributed by atoms with Crippen LogP contribution >= 0.6 is 0 Å². The molecule has 240 valence electrons. The van der Waals surface area contributed by atoms with Crippen LogP contribution in [-0.4, -0.2) is 24.7 Å². The lowest BCUT2D eigenvalue weighted by Gasteiger charge is -2.15. The van der Waals surface area contributed by atoms with Crippen LogP contribution in [0.3, 0.4) is 0 Å². The van der Waals surface area contributed by atoms with Crippen LogP contribution in [-0.2, 0) is 4.74 Å². The molecule has 3 heteroatoms. The van der Waals surface area contributed by atoms with Gasteiger partial charge in [0.05, 0.1) is 6.61 Å². The molecular weight excluding hydrogens is 488 g/mol. The first-order valence-corrected chi connectivity index (χ1v) is 18.5. The van der Waals surface area contributed by atoms with E-state index in [4.69, 9.17) is 4.74 Å². The second-order valence-corrected chi connectivity index (χ2v) is 13.2. The molecule has 0 aromatic rings. The standard InChI is InChI=1S/C37H76N2O/c1-6-7-8-9-10-11-12-13-14-15-16-17-18-19-20-21-22-23-24-25-26-27-28-29-30-31-32-33-34-40-37(38-35(2)3)39-36(4)5/h35-36H,6-34H2,1-5H3,(H,38,39). The summed E-state index contributed by atoms with van der Waals surface area (Å²) in [5.41, 5.74) is 0. The van der Waals surface area contributed by atoms with Gasteiger partial charge in [0.25, 0.3) is 6.02 Å². The van der Waals surface area contributed by atoms with Crippen molar-refractivity contribution >= 4 is 6.02 Å². The van der Waals surface area contributed by atoms with Gasteiger partial charge in [0.1, 0.15) is 0 Å². The molecule has 0 aromatic carbocycles. The molecule has 0 rings (SSSR count). The number of amidine groups is 1. The third-order valence-corrected chi connectivity index (χ3v) is 8.02. The van der Waals surface area contributed by atoms with Crippen LogP contribution in [0.4, 0.5) is 0 Å². The molecule has 0 bridgehead atoms. The topological polar surface area (TPSA) is 33.6 Å². The van der Waals surface area contributed by atoms with Crippen molar-refractivity contribution in [2.45, 2.75) is 226 Å². The first-order valence-electron chi connectivity index (χ1n) is 18.5. The lowest BCUT2D eigenvalue weighted by molar-refractivity contribution is 0.272. The lowest BCUT2D eigenvalue weighted by Crippen LogP contribution is -2.33. The molecule has 0 aliphatic rings. The second-order valence-electron chi connectivity index (χ2n) is 13.2. The number of nitrogens with zero attached hydrogens (tertiary/aromatic N) is 1. The van der Waals surface area contributed by atoms with Gasteiger partial charge in [0.2, 0.25) is 0 Å². The number of ether oxygens (including phenoxy) is 1. The van der Waals surface area contributed by atoms with E-state index in [9.17, 15) is 0 Å². The third-order valence-electron chi connectivity index (χ3n) is 8.02. The van der Waals surface area contributed by atoms with Gasteiger partial charge >= 0.3 is 0 Å². The Morgan fingerprint density at radius 1 is 0.450 bits per heavy atom. The fourth-order valence-electron chi connectivity index (χ4n) is 5.54. The molecule has 0 saturated carbocycles. The molecule has 0 heterocycles. The van der Waals surface area contributed by atoms with E-state index < -0.39 is 0 Å². The predicted octanol–water partition coefficient (Wildman–Crippen LogP) is 12.7. The van der Waals surface area contributed by atoms with E-state index in [0.717, 1.165) is 19.0 Å². The van der Waals surface area contributed by atoms with Crippen molar-refractivity contribution in [3.63, 3.8) is 0 Å². The molecule has 1 N–H and O–H groups in total. The summed E-state index contributed by atoms with van der Waals surface area (Å²) >= 11 is 0. The summed E-state index contributed by atoms with van der Waals surface area (Å²) in [6, 6.07) is 1.35. The number of nitrogens with one attached hydrogen (secondary N) is 1. The van der Waals surface area contributed by atoms with Gasteiger partial charge in [0.15, 0.2) is 0 Å². The zero-order valence-corrected chi connectivity index (χ0v) is 28.5. The van der Waals surface area contributed by atoms with Gasteiger partial charge in [0, 0.05) is 12.1 Å². The highest BCUT2D eigenvalue weighted by Gasteiger charge is 2.04. The van der Waals surface area contributed by atoms with Crippen molar-refractivity contribution in [2.24, 2.45) is 4.99 Å². The number of hydrogen-bond acceptors (Lipinski definition) is 2. The Kier molecular flexibility index (Phi) is 32.2. The summed E-state index contributed by atoms with van der Waals surface area (Å²) in [7, 11) is 0. The van der Waals surface area contributed by atoms with Crippen molar-refractivity contribution in [1.82, 2.24) is 5.32 Å². The molecule has 0 saturated heterocycles. The Morgan fingerprint density at radius 2 is 0.725 bits per heavy atom. The van der Waals surface area contributed by atoms with Crippen LogP contribution in [0.25, 0.3) is 0 Å². The summed E-state index contributed by atoms with van der Waals surface area (Å²) in [4.78, 5) is 4.54. The summed E-state index contributed by atoms with van der Waals surface area (Å²) in [5, 5.41) is 3.31. The molecule has 0 atom stereocenters. The van der Waals surface area contributed by atoms with Crippen molar-refractivity contribution < 1.29 is 4.74 Å². The van der Waals surface area contributed by atoms with Crippen LogP contribution in [0, 0.1) is 0 Å². The maximum absolute atomic E-state index is 5.86. The molecule has 0 aliphatic carbocycles. The summed E-state index contributed by atoms with van der Waals surface area (Å²) in [5.74, 6) is 0. The monoisotopic (exact) mass is 565 g/mol. The molecule has 0 aliphatic heterocycles. The van der Waals surface area contributed by atoms with E-state index in [1.54, 1.807) is 0 Å². The second kappa shape index (κ2) is 32.8. The smallest absolute Gasteiger partial charge is 0.285 e. The van der Waals surface area contributed by atoms with E-state index in [0.29, 0.717) is 6.04 Å². The van der Waals surface area contributed by atoms with Crippen molar-refractivity contribution in [2.75, 3.05) is 6.61 Å². The number of unbranched alkanes of at least 4 members (excludes halogenated alkanes) is 27. The summed E-state index contributed by atoms with van der Waals surface area (Å²) < 4.78 is 5.86. The fourth-order valence-corrected chi connectivity index (χ4v) is 5.54. The summed E-state index contributed by atoms with van der Waals surface area (Å²) in [6.07, 6.45) is 40.3.